The highest BCUT2D eigenvalue weighted by Gasteiger charge is 2.32. The fraction of sp³-hybridized carbons (Fsp3) is 0.176. The van der Waals surface area contributed by atoms with Crippen molar-refractivity contribution in [2.24, 2.45) is 0 Å². The summed E-state index contributed by atoms with van der Waals surface area (Å²) in [4.78, 5) is 13.7. The van der Waals surface area contributed by atoms with Crippen LogP contribution in [0.5, 0.6) is 0 Å². The molecule has 1 amide bonds. The average molecular weight is 330 g/mol. The third kappa shape index (κ3) is 3.35. The fourth-order valence-corrected chi connectivity index (χ4v) is 3.71. The number of benzene rings is 2. The van der Waals surface area contributed by atoms with E-state index in [1.54, 1.807) is 29.2 Å². The van der Waals surface area contributed by atoms with Gasteiger partial charge in [-0.2, -0.15) is 5.26 Å². The Morgan fingerprint density at radius 3 is 2.43 bits per heavy atom. The van der Waals surface area contributed by atoms with Crippen LogP contribution in [0.1, 0.15) is 22.1 Å². The number of carbonyl (C=O) groups is 1. The number of thioether (sulfide) groups is 1. The van der Waals surface area contributed by atoms with E-state index in [9.17, 15) is 13.6 Å². The summed E-state index contributed by atoms with van der Waals surface area (Å²) in [5, 5.41) is 8.62. The third-order valence-electron chi connectivity index (χ3n) is 3.57. The van der Waals surface area contributed by atoms with Crippen molar-refractivity contribution in [2.45, 2.75) is 11.9 Å². The minimum absolute atomic E-state index is 0.0750. The number of nitriles is 1. The lowest BCUT2D eigenvalue weighted by atomic mass is 10.1. The highest BCUT2D eigenvalue weighted by molar-refractivity contribution is 8.00. The predicted octanol–water partition coefficient (Wildman–Crippen LogP) is 3.61. The Morgan fingerprint density at radius 1 is 1.17 bits per heavy atom. The molecule has 1 atom stereocenters. The van der Waals surface area contributed by atoms with E-state index in [0.717, 1.165) is 11.6 Å². The molecular weight excluding hydrogens is 318 g/mol. The molecule has 3 nitrogen and oxygen atoms in total. The zero-order chi connectivity index (χ0) is 16.4. The maximum absolute atomic E-state index is 13.3. The highest BCUT2D eigenvalue weighted by atomic mass is 32.2. The fourth-order valence-electron chi connectivity index (χ4n) is 2.52. The van der Waals surface area contributed by atoms with Crippen molar-refractivity contribution >= 4 is 17.7 Å². The summed E-state index contributed by atoms with van der Waals surface area (Å²) in [6, 6.07) is 12.3. The molecule has 1 aliphatic rings. The first-order valence-electron chi connectivity index (χ1n) is 6.93. The summed E-state index contributed by atoms with van der Waals surface area (Å²) >= 11 is 1.46. The van der Waals surface area contributed by atoms with Crippen molar-refractivity contribution in [1.82, 2.24) is 4.90 Å². The summed E-state index contributed by atoms with van der Waals surface area (Å²) < 4.78 is 26.6. The summed E-state index contributed by atoms with van der Waals surface area (Å²) in [5.74, 6) is -1.07. The van der Waals surface area contributed by atoms with Crippen LogP contribution in [-0.2, 0) is 11.3 Å². The second-order valence-electron chi connectivity index (χ2n) is 5.20. The van der Waals surface area contributed by atoms with Gasteiger partial charge in [0.05, 0.1) is 17.4 Å². The second kappa shape index (κ2) is 6.39. The molecule has 0 spiro atoms. The normalized spacial score (nSPS) is 17.3. The zero-order valence-corrected chi connectivity index (χ0v) is 12.8. The maximum atomic E-state index is 13.3. The van der Waals surface area contributed by atoms with Crippen LogP contribution in [0.4, 0.5) is 8.78 Å². The van der Waals surface area contributed by atoms with Crippen LogP contribution in [0.3, 0.4) is 0 Å². The van der Waals surface area contributed by atoms with Gasteiger partial charge in [-0.1, -0.05) is 12.1 Å². The van der Waals surface area contributed by atoms with Gasteiger partial charge in [-0.25, -0.2) is 8.78 Å². The topological polar surface area (TPSA) is 44.1 Å². The first-order chi connectivity index (χ1) is 11.1. The predicted molar refractivity (Wildman–Crippen MR) is 83.3 cm³/mol. The summed E-state index contributed by atoms with van der Waals surface area (Å²) in [6.45, 7) is 0.144. The Balaban J connectivity index is 1.86. The molecular formula is C17H12F2N2OS. The Bertz CT molecular complexity index is 766. The SMILES string of the molecule is N#Cc1ccc(C2SCC(=O)N2Cc2cc(F)cc(F)c2)cc1. The van der Waals surface area contributed by atoms with Crippen LogP contribution in [0, 0.1) is 23.0 Å². The molecule has 0 bridgehead atoms. The van der Waals surface area contributed by atoms with Gasteiger partial charge in [0.25, 0.3) is 0 Å². The van der Waals surface area contributed by atoms with Gasteiger partial charge in [-0.15, -0.1) is 11.8 Å². The Morgan fingerprint density at radius 2 is 1.83 bits per heavy atom. The van der Waals surface area contributed by atoms with Gasteiger partial charge in [-0.05, 0) is 35.4 Å². The van der Waals surface area contributed by atoms with E-state index < -0.39 is 11.6 Å². The molecule has 1 unspecified atom stereocenters. The number of rotatable bonds is 3. The highest BCUT2D eigenvalue weighted by Crippen LogP contribution is 2.39. The number of hydrogen-bond acceptors (Lipinski definition) is 3. The monoisotopic (exact) mass is 330 g/mol. The number of halogens is 2. The minimum Gasteiger partial charge on any atom is -0.322 e. The molecule has 1 heterocycles. The molecule has 0 aliphatic carbocycles. The molecule has 23 heavy (non-hydrogen) atoms. The van der Waals surface area contributed by atoms with Crippen molar-refractivity contribution in [3.63, 3.8) is 0 Å². The van der Waals surface area contributed by atoms with Crippen LogP contribution in [0.25, 0.3) is 0 Å². The molecule has 1 aliphatic heterocycles. The van der Waals surface area contributed by atoms with Gasteiger partial charge in [0.2, 0.25) is 5.91 Å². The number of hydrogen-bond donors (Lipinski definition) is 0. The van der Waals surface area contributed by atoms with Crippen molar-refractivity contribution in [1.29, 1.82) is 5.26 Å². The summed E-state index contributed by atoms with van der Waals surface area (Å²) in [6.07, 6.45) is 0. The number of amides is 1. The van der Waals surface area contributed by atoms with Crippen LogP contribution in [0.15, 0.2) is 42.5 Å². The van der Waals surface area contributed by atoms with Crippen LogP contribution >= 0.6 is 11.8 Å². The molecule has 1 saturated heterocycles. The van der Waals surface area contributed by atoms with Gasteiger partial charge in [0.15, 0.2) is 0 Å². The maximum Gasteiger partial charge on any atom is 0.234 e. The first kappa shape index (κ1) is 15.5. The second-order valence-corrected chi connectivity index (χ2v) is 6.27. The van der Waals surface area contributed by atoms with E-state index in [-0.39, 0.29) is 17.8 Å². The number of nitrogens with zero attached hydrogens (tertiary/aromatic N) is 2. The lowest BCUT2D eigenvalue weighted by molar-refractivity contribution is -0.128. The van der Waals surface area contributed by atoms with Gasteiger partial charge in [-0.3, -0.25) is 4.79 Å². The lowest BCUT2D eigenvalue weighted by Gasteiger charge is -2.24. The standard InChI is InChI=1S/C17H12F2N2OS/c18-14-5-12(6-15(19)7-14)9-21-16(22)10-23-17(21)13-3-1-11(8-20)2-4-13/h1-7,17H,9-10H2. The van der Waals surface area contributed by atoms with E-state index in [4.69, 9.17) is 5.26 Å². The molecule has 116 valence electrons. The summed E-state index contributed by atoms with van der Waals surface area (Å²) in [7, 11) is 0. The molecule has 3 rings (SSSR count). The zero-order valence-electron chi connectivity index (χ0n) is 12.0. The Labute approximate surface area is 136 Å². The molecule has 6 heteroatoms. The average Bonchev–Trinajstić information content (AvgIpc) is 2.87. The van der Waals surface area contributed by atoms with Gasteiger partial charge < -0.3 is 4.90 Å². The van der Waals surface area contributed by atoms with Crippen LogP contribution in [0.2, 0.25) is 0 Å². The molecule has 0 saturated carbocycles. The molecule has 2 aromatic rings. The van der Waals surface area contributed by atoms with Crippen molar-refractivity contribution in [3.8, 4) is 6.07 Å². The van der Waals surface area contributed by atoms with Crippen molar-refractivity contribution in [3.05, 3.63) is 70.8 Å². The smallest absolute Gasteiger partial charge is 0.234 e. The largest absolute Gasteiger partial charge is 0.322 e. The third-order valence-corrected chi connectivity index (χ3v) is 4.82. The number of carbonyl (C=O) groups excluding carboxylic acids is 1. The minimum atomic E-state index is -0.658. The molecule has 0 N–H and O–H groups in total. The molecule has 0 radical (unpaired) electrons. The van der Waals surface area contributed by atoms with E-state index in [0.29, 0.717) is 16.9 Å². The Kier molecular flexibility index (Phi) is 4.30. The van der Waals surface area contributed by atoms with Crippen molar-refractivity contribution < 1.29 is 13.6 Å². The molecule has 0 aromatic heterocycles. The lowest BCUT2D eigenvalue weighted by Crippen LogP contribution is -2.27. The first-order valence-corrected chi connectivity index (χ1v) is 7.98. The van der Waals surface area contributed by atoms with Gasteiger partial charge in [0, 0.05) is 12.6 Å². The summed E-state index contributed by atoms with van der Waals surface area (Å²) in [5.41, 5.74) is 1.84. The van der Waals surface area contributed by atoms with Crippen LogP contribution < -0.4 is 0 Å². The van der Waals surface area contributed by atoms with Crippen molar-refractivity contribution in [2.75, 3.05) is 5.75 Å². The van der Waals surface area contributed by atoms with E-state index in [1.807, 2.05) is 6.07 Å². The molecule has 1 fully saturated rings. The van der Waals surface area contributed by atoms with E-state index in [2.05, 4.69) is 0 Å². The Hall–Kier alpha value is -2.39. The molecule has 2 aromatic carbocycles. The van der Waals surface area contributed by atoms with Gasteiger partial charge in [0.1, 0.15) is 17.0 Å². The van der Waals surface area contributed by atoms with E-state index >= 15 is 0 Å². The quantitative estimate of drug-likeness (QED) is 0.863. The van der Waals surface area contributed by atoms with Crippen LogP contribution in [-0.4, -0.2) is 16.6 Å². The van der Waals surface area contributed by atoms with E-state index in [1.165, 1.54) is 23.9 Å². The van der Waals surface area contributed by atoms with Gasteiger partial charge >= 0.3 is 0 Å².